The van der Waals surface area contributed by atoms with Gasteiger partial charge in [-0.1, -0.05) is 91.0 Å². The molecule has 0 aliphatic carbocycles. The van der Waals surface area contributed by atoms with E-state index in [1.807, 2.05) is 91.0 Å². The van der Waals surface area contributed by atoms with Crippen LogP contribution in [0, 0.1) is 0 Å². The minimum Gasteiger partial charge on any atom is -0.459 e. The van der Waals surface area contributed by atoms with Crippen LogP contribution in [-0.2, 0) is 56.0 Å². The van der Waals surface area contributed by atoms with Crippen molar-refractivity contribution in [3.63, 3.8) is 0 Å². The summed E-state index contributed by atoms with van der Waals surface area (Å²) in [7, 11) is 0. The number of nitrogens with one attached hydrogen (secondary N) is 2. The van der Waals surface area contributed by atoms with Gasteiger partial charge in [0, 0.05) is 12.5 Å². The quantitative estimate of drug-likeness (QED) is 0.288. The van der Waals surface area contributed by atoms with Crippen molar-refractivity contribution in [3.8, 4) is 0 Å². The zero-order valence-electron chi connectivity index (χ0n) is 26.1. The monoisotopic (exact) mass is 632 g/mol. The van der Waals surface area contributed by atoms with E-state index in [2.05, 4.69) is 10.6 Å². The molecule has 2 saturated heterocycles. The van der Waals surface area contributed by atoms with Crippen LogP contribution in [0.2, 0.25) is 0 Å². The minimum atomic E-state index is -1.05. The molecular weight excluding hydrogens is 592 g/mol. The smallest absolute Gasteiger partial charge is 0.328 e. The first kappa shape index (κ1) is 33.2. The van der Waals surface area contributed by atoms with Crippen LogP contribution < -0.4 is 10.6 Å². The van der Waals surface area contributed by atoms with Gasteiger partial charge in [0.15, 0.2) is 12.6 Å². The van der Waals surface area contributed by atoms with Crippen LogP contribution in [-0.4, -0.2) is 67.2 Å². The van der Waals surface area contributed by atoms with Gasteiger partial charge in [0.25, 0.3) is 0 Å². The number of hydrogen-bond acceptors (Lipinski definition) is 9. The highest BCUT2D eigenvalue weighted by atomic mass is 16.8. The van der Waals surface area contributed by atoms with Gasteiger partial charge in [-0.05, 0) is 25.0 Å². The topological polar surface area (TPSA) is 131 Å². The number of benzene rings is 3. The fourth-order valence-electron chi connectivity index (χ4n) is 5.34. The molecule has 2 N–H and O–H groups in total. The lowest BCUT2D eigenvalue weighted by Crippen LogP contribution is -2.68. The van der Waals surface area contributed by atoms with Crippen LogP contribution >= 0.6 is 0 Å². The Kier molecular flexibility index (Phi) is 11.5. The Hall–Kier alpha value is -4.13. The Bertz CT molecular complexity index is 1430. The first-order chi connectivity index (χ1) is 22.3. The van der Waals surface area contributed by atoms with E-state index in [0.717, 1.165) is 16.7 Å². The van der Waals surface area contributed by atoms with Gasteiger partial charge in [0.1, 0.15) is 43.1 Å². The number of hydrogen-bond donors (Lipinski definition) is 2. The fourth-order valence-corrected chi connectivity index (χ4v) is 5.34. The van der Waals surface area contributed by atoms with E-state index in [4.69, 9.17) is 28.4 Å². The fraction of sp³-hybridized carbons (Fsp3) is 0.400. The highest BCUT2D eigenvalue weighted by Gasteiger charge is 2.52. The van der Waals surface area contributed by atoms with Crippen LogP contribution in [0.1, 0.15) is 43.8 Å². The maximum atomic E-state index is 13.3. The average Bonchev–Trinajstić information content (AvgIpc) is 3.08. The van der Waals surface area contributed by atoms with Gasteiger partial charge >= 0.3 is 5.97 Å². The molecule has 2 aliphatic rings. The van der Waals surface area contributed by atoms with Crippen LogP contribution in [0.4, 0.5) is 0 Å². The summed E-state index contributed by atoms with van der Waals surface area (Å²) in [5, 5.41) is 5.57. The summed E-state index contributed by atoms with van der Waals surface area (Å²) in [4.78, 5) is 38.4. The summed E-state index contributed by atoms with van der Waals surface area (Å²) >= 11 is 0. The third-order valence-corrected chi connectivity index (χ3v) is 7.70. The molecule has 0 saturated carbocycles. The summed E-state index contributed by atoms with van der Waals surface area (Å²) in [6, 6.07) is 26.5. The zero-order valence-corrected chi connectivity index (χ0v) is 26.1. The second kappa shape index (κ2) is 15.9. The van der Waals surface area contributed by atoms with Crippen LogP contribution in [0.5, 0.6) is 0 Å². The molecule has 0 unspecified atom stereocenters. The molecule has 3 aromatic carbocycles. The normalized spacial score (nSPS) is 25.4. The molecule has 2 amide bonds. The lowest BCUT2D eigenvalue weighted by atomic mass is 9.95. The van der Waals surface area contributed by atoms with Gasteiger partial charge in [-0.3, -0.25) is 9.59 Å². The summed E-state index contributed by atoms with van der Waals surface area (Å²) < 4.78 is 36.7. The van der Waals surface area contributed by atoms with Crippen LogP contribution in [0.15, 0.2) is 91.0 Å². The number of carbonyl (C=O) groups is 3. The second-order valence-electron chi connectivity index (χ2n) is 11.3. The zero-order chi connectivity index (χ0) is 32.5. The van der Waals surface area contributed by atoms with Crippen molar-refractivity contribution in [2.45, 2.75) is 83.1 Å². The van der Waals surface area contributed by atoms with Gasteiger partial charge in [0.2, 0.25) is 11.8 Å². The minimum absolute atomic E-state index is 0.0852. The maximum absolute atomic E-state index is 13.3. The number of ether oxygens (including phenoxy) is 6. The van der Waals surface area contributed by atoms with Gasteiger partial charge in [-0.25, -0.2) is 4.79 Å². The van der Waals surface area contributed by atoms with Crippen molar-refractivity contribution in [1.82, 2.24) is 10.6 Å². The number of rotatable bonds is 12. The lowest BCUT2D eigenvalue weighted by molar-refractivity contribution is -0.351. The largest absolute Gasteiger partial charge is 0.459 e. The molecule has 46 heavy (non-hydrogen) atoms. The standard InChI is InChI=1S/C35H40N2O9/c1-22(33(40)41-19-25-13-7-4-8-14-25)36-32(39)23(2)44-31-29(37-24(3)38)35(42-20-26-15-9-5-10-16-26)45-28-21-43-34(46-30(28)31)27-17-11-6-12-18-27/h4-18,22-23,28-31,34-35H,19-21H2,1-3H3,(H,36,39)(H,37,38)/t22-,23-,28+,29+,30-,31-,34-,35-/m1/s1. The second-order valence-corrected chi connectivity index (χ2v) is 11.3. The Morgan fingerprint density at radius 1 is 0.848 bits per heavy atom. The molecule has 0 aromatic heterocycles. The van der Waals surface area contributed by atoms with E-state index in [0.29, 0.717) is 0 Å². The van der Waals surface area contributed by atoms with E-state index in [1.165, 1.54) is 6.92 Å². The van der Waals surface area contributed by atoms with E-state index in [1.54, 1.807) is 13.8 Å². The molecule has 2 fully saturated rings. The lowest BCUT2D eigenvalue weighted by Gasteiger charge is -2.49. The predicted octanol–water partition coefficient (Wildman–Crippen LogP) is 3.57. The Morgan fingerprint density at radius 2 is 1.46 bits per heavy atom. The number of esters is 1. The predicted molar refractivity (Wildman–Crippen MR) is 166 cm³/mol. The molecule has 11 heteroatoms. The summed E-state index contributed by atoms with van der Waals surface area (Å²) in [5.41, 5.74) is 2.54. The van der Waals surface area contributed by atoms with E-state index < -0.39 is 61.0 Å². The first-order valence-corrected chi connectivity index (χ1v) is 15.3. The highest BCUT2D eigenvalue weighted by Crippen LogP contribution is 2.36. The summed E-state index contributed by atoms with van der Waals surface area (Å²) in [5.74, 6) is -1.46. The summed E-state index contributed by atoms with van der Waals surface area (Å²) in [6.45, 7) is 4.95. The van der Waals surface area contributed by atoms with E-state index >= 15 is 0 Å². The molecule has 2 aliphatic heterocycles. The van der Waals surface area contributed by atoms with Crippen molar-refractivity contribution in [3.05, 3.63) is 108 Å². The third-order valence-electron chi connectivity index (χ3n) is 7.70. The van der Waals surface area contributed by atoms with Crippen molar-refractivity contribution in [2.24, 2.45) is 0 Å². The highest BCUT2D eigenvalue weighted by molar-refractivity contribution is 5.86. The molecule has 2 heterocycles. The van der Waals surface area contributed by atoms with Crippen molar-refractivity contribution in [2.75, 3.05) is 6.61 Å². The van der Waals surface area contributed by atoms with Crippen molar-refractivity contribution in [1.29, 1.82) is 0 Å². The number of amides is 2. The van der Waals surface area contributed by atoms with Gasteiger partial charge < -0.3 is 39.1 Å². The summed E-state index contributed by atoms with van der Waals surface area (Å²) in [6.07, 6.45) is -4.98. The first-order valence-electron chi connectivity index (χ1n) is 15.3. The van der Waals surface area contributed by atoms with Crippen LogP contribution in [0.3, 0.4) is 0 Å². The third kappa shape index (κ3) is 8.77. The van der Waals surface area contributed by atoms with Gasteiger partial charge in [-0.15, -0.1) is 0 Å². The van der Waals surface area contributed by atoms with Gasteiger partial charge in [0.05, 0.1) is 13.2 Å². The Morgan fingerprint density at radius 3 is 2.09 bits per heavy atom. The van der Waals surface area contributed by atoms with Gasteiger partial charge in [-0.2, -0.15) is 0 Å². The van der Waals surface area contributed by atoms with Crippen molar-refractivity contribution < 1.29 is 42.8 Å². The molecule has 5 rings (SSSR count). The number of fused-ring (bicyclic) bond motifs is 1. The number of carbonyl (C=O) groups excluding carboxylic acids is 3. The molecule has 11 nitrogen and oxygen atoms in total. The molecule has 0 radical (unpaired) electrons. The maximum Gasteiger partial charge on any atom is 0.328 e. The molecule has 3 aromatic rings. The molecule has 0 spiro atoms. The SMILES string of the molecule is CC(=O)N[C@@H]1[C@H](OCc2ccccc2)O[C@H]2CO[C@@H](c3ccccc3)O[C@H]2[C@@H]1O[C@H](C)C(=O)N[C@H](C)C(=O)OCc1ccccc1. The van der Waals surface area contributed by atoms with E-state index in [-0.39, 0.29) is 25.7 Å². The van der Waals surface area contributed by atoms with E-state index in [9.17, 15) is 14.4 Å². The Labute approximate surface area is 268 Å². The van der Waals surface area contributed by atoms with Crippen molar-refractivity contribution >= 4 is 17.8 Å². The molecule has 244 valence electrons. The Balaban J connectivity index is 1.31. The van der Waals surface area contributed by atoms with Crippen LogP contribution in [0.25, 0.3) is 0 Å². The molecular formula is C35H40N2O9. The average molecular weight is 633 g/mol. The molecule has 0 bridgehead atoms. The molecule has 8 atom stereocenters.